The predicted octanol–water partition coefficient (Wildman–Crippen LogP) is 4.89. The van der Waals surface area contributed by atoms with E-state index in [0.29, 0.717) is 12.4 Å². The lowest BCUT2D eigenvalue weighted by atomic mass is 10.1. The third-order valence-corrected chi connectivity index (χ3v) is 3.63. The van der Waals surface area contributed by atoms with Crippen LogP contribution in [-0.2, 0) is 0 Å². The zero-order chi connectivity index (χ0) is 14.8. The molecule has 2 N–H and O–H groups in total. The molecule has 0 fully saturated rings. The van der Waals surface area contributed by atoms with Crippen LogP contribution >= 0.6 is 11.6 Å². The first-order chi connectivity index (χ1) is 9.66. The van der Waals surface area contributed by atoms with Gasteiger partial charge in [-0.15, -0.1) is 0 Å². The van der Waals surface area contributed by atoms with Gasteiger partial charge in [-0.1, -0.05) is 63.5 Å². The molecule has 0 bridgehead atoms. The van der Waals surface area contributed by atoms with Crippen LogP contribution in [0.2, 0.25) is 5.02 Å². The second-order valence-electron chi connectivity index (χ2n) is 4.97. The van der Waals surface area contributed by atoms with Gasteiger partial charge in [-0.25, -0.2) is 4.79 Å². The van der Waals surface area contributed by atoms with Gasteiger partial charge in [0.25, 0.3) is 0 Å². The van der Waals surface area contributed by atoms with E-state index in [2.05, 4.69) is 11.9 Å². The van der Waals surface area contributed by atoms with Crippen molar-refractivity contribution in [2.24, 2.45) is 0 Å². The van der Waals surface area contributed by atoms with Gasteiger partial charge in [-0.05, 0) is 6.42 Å². The zero-order valence-electron chi connectivity index (χ0n) is 12.1. The molecule has 0 saturated carbocycles. The highest BCUT2D eigenvalue weighted by Gasteiger charge is 2.15. The van der Waals surface area contributed by atoms with Gasteiger partial charge in [-0.3, -0.25) is 0 Å². The van der Waals surface area contributed by atoms with Crippen molar-refractivity contribution >= 4 is 17.6 Å². The van der Waals surface area contributed by atoms with Crippen molar-refractivity contribution in [1.82, 2.24) is 4.98 Å². The quantitative estimate of drug-likeness (QED) is 0.572. The minimum atomic E-state index is -1.07. The fourth-order valence-corrected chi connectivity index (χ4v) is 2.31. The van der Waals surface area contributed by atoms with Gasteiger partial charge in [0.15, 0.2) is 5.75 Å². The molecule has 1 heterocycles. The number of carboxylic acids is 1. The number of unbranched alkanes of at least 4 members (excludes halogenated alkanes) is 7. The zero-order valence-corrected chi connectivity index (χ0v) is 12.8. The van der Waals surface area contributed by atoms with Crippen molar-refractivity contribution < 1.29 is 14.6 Å². The molecule has 0 aliphatic carbocycles. The normalized spacial score (nSPS) is 10.7. The summed E-state index contributed by atoms with van der Waals surface area (Å²) in [6.45, 7) is 2.80. The Morgan fingerprint density at radius 3 is 2.35 bits per heavy atom. The Balaban J connectivity index is 2.08. The first kappa shape index (κ1) is 16.9. The molecular weight excluding hydrogens is 278 g/mol. The van der Waals surface area contributed by atoms with E-state index in [0.717, 1.165) is 12.8 Å². The summed E-state index contributed by atoms with van der Waals surface area (Å²) < 4.78 is 5.49. The van der Waals surface area contributed by atoms with Crippen LogP contribution < -0.4 is 4.74 Å². The van der Waals surface area contributed by atoms with Crippen molar-refractivity contribution in [1.29, 1.82) is 0 Å². The van der Waals surface area contributed by atoms with Crippen LogP contribution in [0, 0.1) is 0 Å². The number of ether oxygens (including phenoxy) is 1. The van der Waals surface area contributed by atoms with Gasteiger partial charge in [0, 0.05) is 6.20 Å². The molecule has 0 aliphatic heterocycles. The lowest BCUT2D eigenvalue weighted by Gasteiger charge is -2.04. The highest BCUT2D eigenvalue weighted by molar-refractivity contribution is 6.34. The third-order valence-electron chi connectivity index (χ3n) is 3.25. The molecule has 0 spiro atoms. The van der Waals surface area contributed by atoms with E-state index in [1.807, 2.05) is 0 Å². The van der Waals surface area contributed by atoms with Gasteiger partial charge in [-0.2, -0.15) is 0 Å². The number of nitrogens with one attached hydrogen (secondary N) is 1. The summed E-state index contributed by atoms with van der Waals surface area (Å²) in [7, 11) is 0. The Bertz CT molecular complexity index is 404. The summed E-state index contributed by atoms with van der Waals surface area (Å²) in [4.78, 5) is 13.4. The largest absolute Gasteiger partial charge is 0.490 e. The van der Waals surface area contributed by atoms with E-state index >= 15 is 0 Å². The first-order valence-corrected chi connectivity index (χ1v) is 7.77. The highest BCUT2D eigenvalue weighted by atomic mass is 35.5. The molecule has 4 nitrogen and oxygen atoms in total. The van der Waals surface area contributed by atoms with Crippen molar-refractivity contribution in [3.63, 3.8) is 0 Å². The number of hydrogen-bond donors (Lipinski definition) is 2. The predicted molar refractivity (Wildman–Crippen MR) is 80.9 cm³/mol. The second kappa shape index (κ2) is 9.70. The highest BCUT2D eigenvalue weighted by Crippen LogP contribution is 2.28. The van der Waals surface area contributed by atoms with Crippen LogP contribution in [0.25, 0.3) is 0 Å². The number of hydrogen-bond acceptors (Lipinski definition) is 2. The van der Waals surface area contributed by atoms with Gasteiger partial charge < -0.3 is 14.8 Å². The van der Waals surface area contributed by atoms with Crippen LogP contribution in [0.3, 0.4) is 0 Å². The Hall–Kier alpha value is -1.16. The molecule has 1 aromatic rings. The fourth-order valence-electron chi connectivity index (χ4n) is 2.07. The van der Waals surface area contributed by atoms with E-state index in [9.17, 15) is 4.79 Å². The molecule has 0 radical (unpaired) electrons. The fraction of sp³-hybridized carbons (Fsp3) is 0.667. The minimum absolute atomic E-state index is 0.0161. The van der Waals surface area contributed by atoms with Crippen LogP contribution in [-0.4, -0.2) is 22.7 Å². The number of carboxylic acid groups (broad SMARTS) is 1. The summed E-state index contributed by atoms with van der Waals surface area (Å²) in [5.74, 6) is -0.649. The van der Waals surface area contributed by atoms with E-state index < -0.39 is 5.97 Å². The lowest BCUT2D eigenvalue weighted by molar-refractivity contribution is 0.0691. The summed E-state index contributed by atoms with van der Waals surface area (Å²) in [5, 5.41) is 8.99. The number of halogens is 1. The second-order valence-corrected chi connectivity index (χ2v) is 5.35. The summed E-state index contributed by atoms with van der Waals surface area (Å²) in [6, 6.07) is 0. The first-order valence-electron chi connectivity index (χ1n) is 7.39. The maximum absolute atomic E-state index is 10.8. The molecule has 114 valence electrons. The van der Waals surface area contributed by atoms with Crippen molar-refractivity contribution in [2.45, 2.75) is 58.3 Å². The maximum atomic E-state index is 10.8. The molecule has 0 unspecified atom stereocenters. The molecule has 1 rings (SSSR count). The van der Waals surface area contributed by atoms with Gasteiger partial charge >= 0.3 is 5.97 Å². The summed E-state index contributed by atoms with van der Waals surface area (Å²) in [6.07, 6.45) is 11.4. The lowest BCUT2D eigenvalue weighted by Crippen LogP contribution is -1.98. The maximum Gasteiger partial charge on any atom is 0.354 e. The summed E-state index contributed by atoms with van der Waals surface area (Å²) in [5.41, 5.74) is -0.0161. The molecule has 1 aromatic heterocycles. The van der Waals surface area contributed by atoms with Crippen LogP contribution in [0.4, 0.5) is 0 Å². The molecule has 20 heavy (non-hydrogen) atoms. The molecule has 0 aromatic carbocycles. The van der Waals surface area contributed by atoms with Crippen molar-refractivity contribution in [3.05, 3.63) is 16.9 Å². The summed E-state index contributed by atoms with van der Waals surface area (Å²) >= 11 is 5.89. The van der Waals surface area contributed by atoms with E-state index in [1.165, 1.54) is 44.7 Å². The SMILES string of the molecule is CCCCCCCCCCOc1c[nH]c(C(=O)O)c1Cl. The Morgan fingerprint density at radius 2 is 1.80 bits per heavy atom. The minimum Gasteiger partial charge on any atom is -0.490 e. The van der Waals surface area contributed by atoms with Crippen molar-refractivity contribution in [3.8, 4) is 5.75 Å². The molecular formula is C15H24ClNO3. The average molecular weight is 302 g/mol. The smallest absolute Gasteiger partial charge is 0.354 e. The number of aromatic nitrogens is 1. The van der Waals surface area contributed by atoms with Gasteiger partial charge in [0.2, 0.25) is 0 Å². The standard InChI is InChI=1S/C15H24ClNO3/c1-2-3-4-5-6-7-8-9-10-20-12-11-17-14(13(12)16)15(18)19/h11,17H,2-10H2,1H3,(H,18,19). The van der Waals surface area contributed by atoms with E-state index in [1.54, 1.807) is 0 Å². The Kier molecular flexibility index (Phi) is 8.19. The molecule has 0 saturated heterocycles. The molecule has 0 atom stereocenters. The van der Waals surface area contributed by atoms with Crippen LogP contribution in [0.15, 0.2) is 6.20 Å². The number of aromatic amines is 1. The number of rotatable bonds is 11. The Morgan fingerprint density at radius 1 is 1.20 bits per heavy atom. The Labute approximate surface area is 125 Å². The molecule has 0 amide bonds. The molecule has 5 heteroatoms. The van der Waals surface area contributed by atoms with Gasteiger partial charge in [0.05, 0.1) is 6.61 Å². The molecule has 0 aliphatic rings. The van der Waals surface area contributed by atoms with Crippen LogP contribution in [0.5, 0.6) is 5.75 Å². The van der Waals surface area contributed by atoms with E-state index in [-0.39, 0.29) is 10.7 Å². The number of carbonyl (C=O) groups is 1. The third kappa shape index (κ3) is 5.87. The van der Waals surface area contributed by atoms with Gasteiger partial charge in [0.1, 0.15) is 10.7 Å². The van der Waals surface area contributed by atoms with Crippen LogP contribution in [0.1, 0.15) is 68.8 Å². The van der Waals surface area contributed by atoms with Crippen molar-refractivity contribution in [2.75, 3.05) is 6.61 Å². The topological polar surface area (TPSA) is 62.3 Å². The number of aromatic carboxylic acids is 1. The van der Waals surface area contributed by atoms with E-state index in [4.69, 9.17) is 21.4 Å². The monoisotopic (exact) mass is 301 g/mol. The number of H-pyrrole nitrogens is 1. The average Bonchev–Trinajstić information content (AvgIpc) is 2.78.